The first kappa shape index (κ1) is 30.2. The highest BCUT2D eigenvalue weighted by Crippen LogP contribution is 2.33. The quantitative estimate of drug-likeness (QED) is 0.376. The Hall–Kier alpha value is -2.88. The summed E-state index contributed by atoms with van der Waals surface area (Å²) >= 11 is 0. The monoisotopic (exact) mass is 532 g/mol. The van der Waals surface area contributed by atoms with Crippen molar-refractivity contribution in [2.45, 2.75) is 13.8 Å². The van der Waals surface area contributed by atoms with Crippen molar-refractivity contribution in [2.24, 2.45) is 11.1 Å². The Kier molecular flexibility index (Phi) is 10.5. The Bertz CT molecular complexity index is 1170. The molecule has 3 aromatic rings. The molecule has 0 fully saturated rings. The number of hydrogen-bond acceptors (Lipinski definition) is 4. The number of nitrogens with one attached hydrogen (secondary N) is 1. The number of rotatable bonds is 7. The first-order chi connectivity index (χ1) is 15.6. The van der Waals surface area contributed by atoms with E-state index in [4.69, 9.17) is 5.73 Å². The van der Waals surface area contributed by atoms with Crippen LogP contribution in [0.1, 0.15) is 24.2 Å². The van der Waals surface area contributed by atoms with Gasteiger partial charge >= 0.3 is 0 Å². The topological polar surface area (TPSA) is 71.2 Å². The highest BCUT2D eigenvalue weighted by atomic mass is 35.5. The lowest BCUT2D eigenvalue weighted by atomic mass is 9.93. The number of halogens is 6. The minimum absolute atomic E-state index is 0. The molecule has 0 aliphatic heterocycles. The van der Waals surface area contributed by atoms with Crippen LogP contribution >= 0.6 is 24.8 Å². The van der Waals surface area contributed by atoms with Crippen LogP contribution in [-0.2, 0) is 0 Å². The number of amides is 1. The zero-order chi connectivity index (χ0) is 24.3. The third kappa shape index (κ3) is 6.62. The molecule has 0 atom stereocenters. The maximum absolute atomic E-state index is 15.2. The molecule has 1 aromatic heterocycles. The molecule has 0 aliphatic carbocycles. The smallest absolute Gasteiger partial charge is 0.258 e. The fourth-order valence-corrected chi connectivity index (χ4v) is 3.49. The number of hydrogen-bond donors (Lipinski definition) is 2. The fraction of sp³-hybridized carbons (Fsp3) is 0.250. The summed E-state index contributed by atoms with van der Waals surface area (Å²) in [6.45, 7) is 4.96. The molecular weight excluding hydrogens is 507 g/mol. The Balaban J connectivity index is 0.00000306. The van der Waals surface area contributed by atoms with Crippen molar-refractivity contribution in [3.8, 4) is 11.1 Å². The third-order valence-electron chi connectivity index (χ3n) is 5.22. The van der Waals surface area contributed by atoms with Gasteiger partial charge in [0.1, 0.15) is 23.3 Å². The maximum Gasteiger partial charge on any atom is 0.258 e. The van der Waals surface area contributed by atoms with Crippen LogP contribution in [-0.4, -0.2) is 31.0 Å². The first-order valence-electron chi connectivity index (χ1n) is 10.1. The molecule has 0 saturated carbocycles. The van der Waals surface area contributed by atoms with Crippen LogP contribution in [0.5, 0.6) is 0 Å². The van der Waals surface area contributed by atoms with Gasteiger partial charge in [-0.2, -0.15) is 0 Å². The molecule has 0 bridgehead atoms. The third-order valence-corrected chi connectivity index (χ3v) is 5.22. The average Bonchev–Trinajstić information content (AvgIpc) is 2.75. The molecule has 3 rings (SSSR count). The predicted molar refractivity (Wildman–Crippen MR) is 135 cm³/mol. The zero-order valence-corrected chi connectivity index (χ0v) is 20.9. The molecule has 3 N–H and O–H groups in total. The van der Waals surface area contributed by atoms with Crippen LogP contribution in [0.2, 0.25) is 0 Å². The van der Waals surface area contributed by atoms with Crippen molar-refractivity contribution in [3.63, 3.8) is 0 Å². The molecule has 35 heavy (non-hydrogen) atoms. The predicted octanol–water partition coefficient (Wildman–Crippen LogP) is 5.82. The van der Waals surface area contributed by atoms with Crippen molar-refractivity contribution in [1.82, 2.24) is 4.98 Å². The molecule has 5 nitrogen and oxygen atoms in total. The summed E-state index contributed by atoms with van der Waals surface area (Å²) in [7, 11) is 1.81. The second kappa shape index (κ2) is 12.2. The van der Waals surface area contributed by atoms with Crippen LogP contribution < -0.4 is 16.0 Å². The summed E-state index contributed by atoms with van der Waals surface area (Å²) in [5.74, 6) is -5.79. The summed E-state index contributed by atoms with van der Waals surface area (Å²) < 4.78 is 58.0. The first-order valence-corrected chi connectivity index (χ1v) is 10.1. The second-order valence-corrected chi connectivity index (χ2v) is 8.45. The number of carbonyl (C=O) groups is 1. The fourth-order valence-electron chi connectivity index (χ4n) is 3.49. The van der Waals surface area contributed by atoms with Gasteiger partial charge in [0.05, 0.1) is 34.3 Å². The molecule has 1 heterocycles. The largest absolute Gasteiger partial charge is 0.372 e. The maximum atomic E-state index is 15.2. The molecule has 2 aromatic carbocycles. The van der Waals surface area contributed by atoms with E-state index in [1.807, 2.05) is 18.7 Å². The number of benzene rings is 2. The summed E-state index contributed by atoms with van der Waals surface area (Å²) in [4.78, 5) is 18.8. The van der Waals surface area contributed by atoms with Gasteiger partial charge in [-0.05, 0) is 42.3 Å². The number of nitrogens with zero attached hydrogens (tertiary/aromatic N) is 2. The Labute approximate surface area is 213 Å². The average molecular weight is 533 g/mol. The van der Waals surface area contributed by atoms with Crippen LogP contribution in [0.3, 0.4) is 0 Å². The van der Waals surface area contributed by atoms with Crippen LogP contribution in [0.25, 0.3) is 11.1 Å². The van der Waals surface area contributed by atoms with E-state index in [-0.39, 0.29) is 35.9 Å². The minimum Gasteiger partial charge on any atom is -0.372 e. The molecule has 11 heteroatoms. The van der Waals surface area contributed by atoms with Crippen molar-refractivity contribution in [1.29, 1.82) is 0 Å². The summed E-state index contributed by atoms with van der Waals surface area (Å²) in [6, 6.07) is 6.21. The Morgan fingerprint density at radius 3 is 2.20 bits per heavy atom. The van der Waals surface area contributed by atoms with Gasteiger partial charge in [-0.1, -0.05) is 19.9 Å². The Morgan fingerprint density at radius 1 is 1.00 bits per heavy atom. The molecule has 0 aliphatic rings. The van der Waals surface area contributed by atoms with Gasteiger partial charge in [-0.15, -0.1) is 24.8 Å². The lowest BCUT2D eigenvalue weighted by molar-refractivity contribution is 0.102. The van der Waals surface area contributed by atoms with E-state index >= 15 is 4.39 Å². The van der Waals surface area contributed by atoms with E-state index in [0.717, 1.165) is 30.3 Å². The van der Waals surface area contributed by atoms with Crippen molar-refractivity contribution < 1.29 is 22.4 Å². The molecule has 0 saturated heterocycles. The molecule has 190 valence electrons. The van der Waals surface area contributed by atoms with Crippen LogP contribution in [0.15, 0.2) is 48.8 Å². The SMILES string of the molecule is CN(CC(C)(C)CN)c1ccncc1NC(=O)c1ccc(F)c(-c2c(F)cccc2F)c1F.Cl.Cl. The van der Waals surface area contributed by atoms with Gasteiger partial charge in [0.2, 0.25) is 0 Å². The van der Waals surface area contributed by atoms with Crippen LogP contribution in [0, 0.1) is 28.7 Å². The van der Waals surface area contributed by atoms with E-state index in [1.54, 1.807) is 13.1 Å². The highest BCUT2D eigenvalue weighted by molar-refractivity contribution is 6.06. The summed E-state index contributed by atoms with van der Waals surface area (Å²) in [6.07, 6.45) is 2.92. The van der Waals surface area contributed by atoms with E-state index in [0.29, 0.717) is 18.8 Å². The van der Waals surface area contributed by atoms with Crippen molar-refractivity contribution in [2.75, 3.05) is 30.4 Å². The summed E-state index contributed by atoms with van der Waals surface area (Å²) in [5.41, 5.74) is 4.05. The van der Waals surface area contributed by atoms with Crippen molar-refractivity contribution in [3.05, 3.63) is 77.6 Å². The minimum atomic E-state index is -1.38. The van der Waals surface area contributed by atoms with Crippen LogP contribution in [0.4, 0.5) is 28.9 Å². The molecular formula is C24H26Cl2F4N4O. The highest BCUT2D eigenvalue weighted by Gasteiger charge is 2.25. The van der Waals surface area contributed by atoms with Gasteiger partial charge in [0.25, 0.3) is 5.91 Å². The zero-order valence-electron chi connectivity index (χ0n) is 19.2. The van der Waals surface area contributed by atoms with E-state index in [2.05, 4.69) is 10.3 Å². The number of aromatic nitrogens is 1. The van der Waals surface area contributed by atoms with Gasteiger partial charge in [-0.3, -0.25) is 9.78 Å². The second-order valence-electron chi connectivity index (χ2n) is 8.45. The van der Waals surface area contributed by atoms with Gasteiger partial charge in [0, 0.05) is 19.8 Å². The Morgan fingerprint density at radius 2 is 1.60 bits per heavy atom. The number of pyridine rings is 1. The molecule has 1 amide bonds. The van der Waals surface area contributed by atoms with E-state index < -0.39 is 45.9 Å². The van der Waals surface area contributed by atoms with Gasteiger partial charge in [0.15, 0.2) is 0 Å². The molecule has 0 unspecified atom stereocenters. The van der Waals surface area contributed by atoms with E-state index in [1.165, 1.54) is 12.4 Å². The lowest BCUT2D eigenvalue weighted by Gasteiger charge is -2.31. The number of nitrogens with two attached hydrogens (primary N) is 1. The lowest BCUT2D eigenvalue weighted by Crippen LogP contribution is -2.37. The van der Waals surface area contributed by atoms with E-state index in [9.17, 15) is 18.0 Å². The summed E-state index contributed by atoms with van der Waals surface area (Å²) in [5, 5.41) is 2.56. The van der Waals surface area contributed by atoms with Crippen molar-refractivity contribution >= 4 is 42.1 Å². The van der Waals surface area contributed by atoms with Gasteiger partial charge < -0.3 is 16.0 Å². The normalized spacial score (nSPS) is 10.7. The van der Waals surface area contributed by atoms with Gasteiger partial charge in [-0.25, -0.2) is 17.6 Å². The molecule has 0 spiro atoms. The number of anilines is 2. The number of carbonyl (C=O) groups excluding carboxylic acids is 1. The molecule has 0 radical (unpaired) electrons. The standard InChI is InChI=1S/C24H24F4N4O.2ClH/c1-24(2,12-29)13-32(3)19-9-10-30-11-18(19)31-23(33)14-7-8-17(27)21(22(14)28)20-15(25)5-4-6-16(20)26;;/h4-11H,12-13,29H2,1-3H3,(H,31,33);2*1H.